The van der Waals surface area contributed by atoms with E-state index in [4.69, 9.17) is 14.5 Å². The summed E-state index contributed by atoms with van der Waals surface area (Å²) in [5.41, 5.74) is 4.60. The molecule has 184 valence electrons. The molecule has 0 unspecified atom stereocenters. The number of ether oxygens (including phenoxy) is 2. The van der Waals surface area contributed by atoms with Gasteiger partial charge in [-0.2, -0.15) is 0 Å². The van der Waals surface area contributed by atoms with Crippen molar-refractivity contribution in [3.8, 4) is 5.75 Å². The van der Waals surface area contributed by atoms with Crippen LogP contribution in [0.4, 0.5) is 5.13 Å². The van der Waals surface area contributed by atoms with Gasteiger partial charge in [-0.05, 0) is 54.7 Å². The molecule has 1 aromatic heterocycles. The quantitative estimate of drug-likeness (QED) is 0.422. The molecule has 0 aliphatic carbocycles. The van der Waals surface area contributed by atoms with Crippen LogP contribution in [0.2, 0.25) is 0 Å². The smallest absolute Gasteiger partial charge is 0.266 e. The standard InChI is InChI=1S/C26H33N3O3S.ClH/c1-18(2)21-6-8-22(9-7-21)32-17-24(30)29(12-11-28-13-15-31-16-14-28)26-27-25-20(4)19(3)5-10-23(25)33-26;/h5-10,18H,11-17H2,1-4H3;1H. The summed E-state index contributed by atoms with van der Waals surface area (Å²) in [6.45, 7) is 13.1. The van der Waals surface area contributed by atoms with Crippen LogP contribution in [0.5, 0.6) is 5.75 Å². The van der Waals surface area contributed by atoms with Gasteiger partial charge in [0.05, 0.1) is 23.4 Å². The molecule has 0 spiro atoms. The van der Waals surface area contributed by atoms with Crippen LogP contribution in [-0.4, -0.2) is 61.8 Å². The van der Waals surface area contributed by atoms with Crippen molar-refractivity contribution in [1.82, 2.24) is 9.88 Å². The summed E-state index contributed by atoms with van der Waals surface area (Å²) in [4.78, 5) is 22.3. The average molecular weight is 504 g/mol. The Morgan fingerprint density at radius 1 is 1.15 bits per heavy atom. The first-order chi connectivity index (χ1) is 15.9. The van der Waals surface area contributed by atoms with E-state index in [9.17, 15) is 4.79 Å². The fourth-order valence-electron chi connectivity index (χ4n) is 3.89. The molecule has 1 amide bonds. The maximum absolute atomic E-state index is 13.3. The van der Waals surface area contributed by atoms with Gasteiger partial charge in [0.25, 0.3) is 5.91 Å². The van der Waals surface area contributed by atoms with Crippen LogP contribution in [0, 0.1) is 13.8 Å². The lowest BCUT2D eigenvalue weighted by Crippen LogP contribution is -2.44. The van der Waals surface area contributed by atoms with Crippen molar-refractivity contribution >= 4 is 45.0 Å². The maximum Gasteiger partial charge on any atom is 0.266 e. The molecule has 2 heterocycles. The molecule has 0 N–H and O–H groups in total. The SMILES string of the molecule is Cc1ccc2sc(N(CCN3CCOCC3)C(=O)COc3ccc(C(C)C)cc3)nc2c1C.Cl. The number of thiazole rings is 1. The summed E-state index contributed by atoms with van der Waals surface area (Å²) >= 11 is 1.57. The van der Waals surface area contributed by atoms with Crippen LogP contribution in [0.15, 0.2) is 36.4 Å². The summed E-state index contributed by atoms with van der Waals surface area (Å²) < 4.78 is 12.4. The summed E-state index contributed by atoms with van der Waals surface area (Å²) in [5.74, 6) is 1.09. The number of amides is 1. The molecule has 1 aliphatic heterocycles. The van der Waals surface area contributed by atoms with Crippen molar-refractivity contribution in [3.63, 3.8) is 0 Å². The number of hydrogen-bond donors (Lipinski definition) is 0. The Bertz CT molecular complexity index is 1090. The fraction of sp³-hybridized carbons (Fsp3) is 0.462. The summed E-state index contributed by atoms with van der Waals surface area (Å²) in [6, 6.07) is 12.2. The Labute approximate surface area is 212 Å². The lowest BCUT2D eigenvalue weighted by molar-refractivity contribution is -0.120. The van der Waals surface area contributed by atoms with Crippen molar-refractivity contribution in [3.05, 3.63) is 53.1 Å². The van der Waals surface area contributed by atoms with E-state index in [2.05, 4.69) is 56.9 Å². The zero-order chi connectivity index (χ0) is 23.4. The first-order valence-corrected chi connectivity index (χ1v) is 12.4. The zero-order valence-corrected chi connectivity index (χ0v) is 22.0. The Morgan fingerprint density at radius 2 is 1.85 bits per heavy atom. The third kappa shape index (κ3) is 6.27. The second-order valence-corrected chi connectivity index (χ2v) is 9.87. The molecule has 0 atom stereocenters. The third-order valence-corrected chi connectivity index (χ3v) is 7.30. The van der Waals surface area contributed by atoms with E-state index < -0.39 is 0 Å². The molecule has 8 heteroatoms. The van der Waals surface area contributed by atoms with Gasteiger partial charge in [0.2, 0.25) is 0 Å². The first-order valence-electron chi connectivity index (χ1n) is 11.6. The van der Waals surface area contributed by atoms with E-state index >= 15 is 0 Å². The Morgan fingerprint density at radius 3 is 2.53 bits per heavy atom. The molecule has 0 bridgehead atoms. The average Bonchev–Trinajstić information content (AvgIpc) is 3.26. The van der Waals surface area contributed by atoms with Crippen LogP contribution < -0.4 is 9.64 Å². The minimum Gasteiger partial charge on any atom is -0.484 e. The molecule has 0 radical (unpaired) electrons. The van der Waals surface area contributed by atoms with Gasteiger partial charge in [-0.25, -0.2) is 4.98 Å². The van der Waals surface area contributed by atoms with Crippen molar-refractivity contribution < 1.29 is 14.3 Å². The summed E-state index contributed by atoms with van der Waals surface area (Å²) in [5, 5.41) is 0.732. The number of anilines is 1. The van der Waals surface area contributed by atoms with Crippen LogP contribution in [-0.2, 0) is 9.53 Å². The lowest BCUT2D eigenvalue weighted by atomic mass is 10.0. The van der Waals surface area contributed by atoms with Crippen molar-refractivity contribution in [2.24, 2.45) is 0 Å². The van der Waals surface area contributed by atoms with E-state index in [-0.39, 0.29) is 24.9 Å². The van der Waals surface area contributed by atoms with E-state index in [1.54, 1.807) is 16.2 Å². The second kappa shape index (κ2) is 12.0. The number of carbonyl (C=O) groups excluding carboxylic acids is 1. The highest BCUT2D eigenvalue weighted by Gasteiger charge is 2.22. The monoisotopic (exact) mass is 503 g/mol. The molecule has 3 aromatic rings. The molecule has 1 aliphatic rings. The van der Waals surface area contributed by atoms with E-state index in [1.165, 1.54) is 11.1 Å². The predicted molar refractivity (Wildman–Crippen MR) is 142 cm³/mol. The molecule has 34 heavy (non-hydrogen) atoms. The van der Waals surface area contributed by atoms with E-state index in [0.717, 1.165) is 53.8 Å². The number of aryl methyl sites for hydroxylation is 2. The van der Waals surface area contributed by atoms with Gasteiger partial charge in [-0.15, -0.1) is 12.4 Å². The number of morpholine rings is 1. The predicted octanol–water partition coefficient (Wildman–Crippen LogP) is 5.20. The Kier molecular flexibility index (Phi) is 9.31. The van der Waals surface area contributed by atoms with Crippen LogP contribution in [0.25, 0.3) is 10.2 Å². The number of nitrogens with zero attached hydrogens (tertiary/aromatic N) is 3. The zero-order valence-electron chi connectivity index (χ0n) is 20.4. The third-order valence-electron chi connectivity index (χ3n) is 6.26. The highest BCUT2D eigenvalue weighted by atomic mass is 35.5. The van der Waals surface area contributed by atoms with E-state index in [0.29, 0.717) is 18.2 Å². The molecule has 1 saturated heterocycles. The first kappa shape index (κ1) is 26.4. The Hall–Kier alpha value is -2.19. The molecular weight excluding hydrogens is 470 g/mol. The Balaban J connectivity index is 0.00000324. The number of rotatable bonds is 8. The van der Waals surface area contributed by atoms with Crippen molar-refractivity contribution in [2.75, 3.05) is 50.9 Å². The molecule has 0 saturated carbocycles. The van der Waals surface area contributed by atoms with Crippen LogP contribution >= 0.6 is 23.7 Å². The van der Waals surface area contributed by atoms with Gasteiger partial charge in [0.1, 0.15) is 5.75 Å². The number of hydrogen-bond acceptors (Lipinski definition) is 6. The largest absolute Gasteiger partial charge is 0.484 e. The number of halogens is 1. The number of benzene rings is 2. The van der Waals surface area contributed by atoms with Crippen molar-refractivity contribution in [1.29, 1.82) is 0 Å². The number of fused-ring (bicyclic) bond motifs is 1. The van der Waals surface area contributed by atoms with Gasteiger partial charge in [-0.3, -0.25) is 14.6 Å². The van der Waals surface area contributed by atoms with Gasteiger partial charge >= 0.3 is 0 Å². The van der Waals surface area contributed by atoms with Crippen molar-refractivity contribution in [2.45, 2.75) is 33.6 Å². The summed E-state index contributed by atoms with van der Waals surface area (Å²) in [7, 11) is 0. The van der Waals surface area contributed by atoms with Gasteiger partial charge < -0.3 is 9.47 Å². The number of aromatic nitrogens is 1. The highest BCUT2D eigenvalue weighted by Crippen LogP contribution is 2.32. The minimum absolute atomic E-state index is 0. The van der Waals surface area contributed by atoms with Gasteiger partial charge in [0.15, 0.2) is 11.7 Å². The van der Waals surface area contributed by atoms with Gasteiger partial charge in [-0.1, -0.05) is 43.4 Å². The fourth-order valence-corrected chi connectivity index (χ4v) is 4.96. The molecule has 1 fully saturated rings. The second-order valence-electron chi connectivity index (χ2n) is 8.86. The minimum atomic E-state index is -0.0790. The highest BCUT2D eigenvalue weighted by molar-refractivity contribution is 7.22. The topological polar surface area (TPSA) is 54.9 Å². The van der Waals surface area contributed by atoms with Gasteiger partial charge in [0, 0.05) is 26.2 Å². The maximum atomic E-state index is 13.3. The van der Waals surface area contributed by atoms with E-state index in [1.807, 2.05) is 12.1 Å². The number of carbonyl (C=O) groups is 1. The molecular formula is C26H34ClN3O3S. The lowest BCUT2D eigenvalue weighted by Gasteiger charge is -2.29. The van der Waals surface area contributed by atoms with Crippen LogP contribution in [0.1, 0.15) is 36.5 Å². The summed E-state index contributed by atoms with van der Waals surface area (Å²) in [6.07, 6.45) is 0. The van der Waals surface area contributed by atoms with Crippen LogP contribution in [0.3, 0.4) is 0 Å². The molecule has 2 aromatic carbocycles. The molecule has 6 nitrogen and oxygen atoms in total. The molecule has 4 rings (SSSR count). The normalized spacial score (nSPS) is 14.3.